The van der Waals surface area contributed by atoms with Crippen molar-refractivity contribution in [3.05, 3.63) is 51.4 Å². The third-order valence-corrected chi connectivity index (χ3v) is 6.95. The lowest BCUT2D eigenvalue weighted by atomic mass is 9.94. The van der Waals surface area contributed by atoms with Crippen LogP contribution >= 0.6 is 0 Å². The largest absolute Gasteiger partial charge is 0.349 e. The zero-order chi connectivity index (χ0) is 21.5. The standard InChI is InChI=1S/C24H29N5O2/c1-15-8-7-13-28-21(15)27-22-19(24(28)31)14-18(23(30)26-16-9-5-6-10-16)20(25)29(22)17-11-3-2-4-12-17/h7-8,13-14,16-17,25H,2-6,9-12H2,1H3,(H,26,30). The van der Waals surface area contributed by atoms with Gasteiger partial charge in [-0.25, -0.2) is 4.98 Å². The predicted octanol–water partition coefficient (Wildman–Crippen LogP) is 3.61. The molecule has 3 aromatic rings. The fourth-order valence-corrected chi connectivity index (χ4v) is 5.26. The second kappa shape index (κ2) is 7.94. The molecule has 0 radical (unpaired) electrons. The predicted molar refractivity (Wildman–Crippen MR) is 119 cm³/mol. The van der Waals surface area contributed by atoms with Crippen LogP contribution in [0.4, 0.5) is 0 Å². The summed E-state index contributed by atoms with van der Waals surface area (Å²) in [5.74, 6) is -0.253. The maximum Gasteiger partial charge on any atom is 0.267 e. The van der Waals surface area contributed by atoms with Crippen molar-refractivity contribution in [1.29, 1.82) is 5.41 Å². The first-order valence-corrected chi connectivity index (χ1v) is 11.5. The highest BCUT2D eigenvalue weighted by atomic mass is 16.2. The van der Waals surface area contributed by atoms with Gasteiger partial charge in [0, 0.05) is 18.3 Å². The second-order valence-corrected chi connectivity index (χ2v) is 9.06. The van der Waals surface area contributed by atoms with Crippen molar-refractivity contribution in [2.75, 3.05) is 0 Å². The summed E-state index contributed by atoms with van der Waals surface area (Å²) in [6.07, 6.45) is 11.1. The van der Waals surface area contributed by atoms with Gasteiger partial charge in [0.25, 0.3) is 11.5 Å². The van der Waals surface area contributed by atoms with Crippen LogP contribution in [0.25, 0.3) is 16.7 Å². The normalized spacial score (nSPS) is 18.1. The Morgan fingerprint density at radius 3 is 2.55 bits per heavy atom. The van der Waals surface area contributed by atoms with Gasteiger partial charge in [0.05, 0.1) is 10.9 Å². The van der Waals surface area contributed by atoms with Gasteiger partial charge < -0.3 is 9.88 Å². The number of nitrogens with zero attached hydrogens (tertiary/aromatic N) is 3. The Kier molecular flexibility index (Phi) is 5.12. The molecule has 2 aliphatic carbocycles. The lowest BCUT2D eigenvalue weighted by Crippen LogP contribution is -2.39. The minimum atomic E-state index is -0.253. The minimum Gasteiger partial charge on any atom is -0.349 e. The average Bonchev–Trinajstić information content (AvgIpc) is 3.28. The molecule has 7 heteroatoms. The first-order valence-electron chi connectivity index (χ1n) is 11.5. The van der Waals surface area contributed by atoms with Crippen molar-refractivity contribution in [3.63, 3.8) is 0 Å². The van der Waals surface area contributed by atoms with Crippen LogP contribution in [0.1, 0.15) is 79.8 Å². The van der Waals surface area contributed by atoms with E-state index in [0.717, 1.165) is 56.9 Å². The van der Waals surface area contributed by atoms with Crippen LogP contribution in [0.5, 0.6) is 0 Å². The van der Waals surface area contributed by atoms with Crippen LogP contribution in [-0.4, -0.2) is 25.9 Å². The molecule has 162 valence electrons. The molecule has 0 unspecified atom stereocenters. The summed E-state index contributed by atoms with van der Waals surface area (Å²) in [4.78, 5) is 31.4. The molecular formula is C24H29N5O2. The first-order chi connectivity index (χ1) is 15.0. The van der Waals surface area contributed by atoms with Gasteiger partial charge in [-0.1, -0.05) is 38.2 Å². The van der Waals surface area contributed by atoms with Crippen LogP contribution in [0.3, 0.4) is 0 Å². The van der Waals surface area contributed by atoms with Crippen LogP contribution in [-0.2, 0) is 0 Å². The molecule has 2 N–H and O–H groups in total. The average molecular weight is 420 g/mol. The summed E-state index contributed by atoms with van der Waals surface area (Å²) in [5.41, 5.74) is 2.28. The Morgan fingerprint density at radius 2 is 1.81 bits per heavy atom. The van der Waals surface area contributed by atoms with E-state index in [2.05, 4.69) is 5.32 Å². The molecule has 0 atom stereocenters. The molecule has 3 aromatic heterocycles. The molecule has 31 heavy (non-hydrogen) atoms. The fraction of sp³-hybridized carbons (Fsp3) is 0.500. The third kappa shape index (κ3) is 3.46. The quantitative estimate of drug-likeness (QED) is 0.635. The molecule has 0 aromatic carbocycles. The van der Waals surface area contributed by atoms with Gasteiger partial charge >= 0.3 is 0 Å². The molecule has 0 saturated heterocycles. The van der Waals surface area contributed by atoms with Crippen molar-refractivity contribution < 1.29 is 4.79 Å². The van der Waals surface area contributed by atoms with E-state index < -0.39 is 0 Å². The van der Waals surface area contributed by atoms with Crippen LogP contribution in [0.15, 0.2) is 29.2 Å². The number of fused-ring (bicyclic) bond motifs is 2. The van der Waals surface area contributed by atoms with Crippen LogP contribution < -0.4 is 16.4 Å². The number of carbonyl (C=O) groups excluding carboxylic acids is 1. The van der Waals surface area contributed by atoms with E-state index in [1.54, 1.807) is 16.7 Å². The third-order valence-electron chi connectivity index (χ3n) is 6.95. The van der Waals surface area contributed by atoms with Gasteiger partial charge in [-0.05, 0) is 50.3 Å². The molecule has 5 rings (SSSR count). The van der Waals surface area contributed by atoms with Gasteiger partial charge in [0.1, 0.15) is 16.8 Å². The fourth-order valence-electron chi connectivity index (χ4n) is 5.26. The molecule has 2 saturated carbocycles. The van der Waals surface area contributed by atoms with E-state index >= 15 is 0 Å². The molecule has 0 spiro atoms. The van der Waals surface area contributed by atoms with Gasteiger partial charge in [-0.3, -0.25) is 19.4 Å². The number of carbonyl (C=O) groups is 1. The summed E-state index contributed by atoms with van der Waals surface area (Å²) < 4.78 is 3.41. The van der Waals surface area contributed by atoms with Crippen molar-refractivity contribution in [3.8, 4) is 0 Å². The highest BCUT2D eigenvalue weighted by Gasteiger charge is 2.25. The van der Waals surface area contributed by atoms with E-state index in [1.165, 1.54) is 6.42 Å². The highest BCUT2D eigenvalue weighted by molar-refractivity contribution is 5.97. The second-order valence-electron chi connectivity index (χ2n) is 9.06. The summed E-state index contributed by atoms with van der Waals surface area (Å²) in [6, 6.07) is 5.60. The molecule has 2 fully saturated rings. The monoisotopic (exact) mass is 419 g/mol. The SMILES string of the molecule is Cc1cccn2c(=O)c3cc(C(=O)NC4CCCC4)c(=N)n(C4CCCCC4)c3nc12. The lowest BCUT2D eigenvalue weighted by Gasteiger charge is -2.27. The molecular weight excluding hydrogens is 390 g/mol. The maximum absolute atomic E-state index is 13.4. The van der Waals surface area contributed by atoms with Gasteiger partial charge in [-0.2, -0.15) is 0 Å². The zero-order valence-corrected chi connectivity index (χ0v) is 18.0. The van der Waals surface area contributed by atoms with E-state index in [0.29, 0.717) is 16.7 Å². The maximum atomic E-state index is 13.4. The summed E-state index contributed by atoms with van der Waals surface area (Å²) in [6.45, 7) is 1.93. The smallest absolute Gasteiger partial charge is 0.267 e. The van der Waals surface area contributed by atoms with Crippen molar-refractivity contribution in [2.45, 2.75) is 76.8 Å². The Labute approximate surface area is 180 Å². The Morgan fingerprint density at radius 1 is 1.10 bits per heavy atom. The van der Waals surface area contributed by atoms with E-state index in [9.17, 15) is 9.59 Å². The minimum absolute atomic E-state index is 0.0846. The van der Waals surface area contributed by atoms with Crippen LogP contribution in [0.2, 0.25) is 0 Å². The molecule has 0 bridgehead atoms. The zero-order valence-electron chi connectivity index (χ0n) is 18.0. The van der Waals surface area contributed by atoms with Gasteiger partial charge in [-0.15, -0.1) is 0 Å². The summed E-state index contributed by atoms with van der Waals surface area (Å²) in [5, 5.41) is 12.5. The number of rotatable bonds is 3. The van der Waals surface area contributed by atoms with Gasteiger partial charge in [0.2, 0.25) is 0 Å². The Hall–Kier alpha value is -2.96. The molecule has 7 nitrogen and oxygen atoms in total. The summed E-state index contributed by atoms with van der Waals surface area (Å²) >= 11 is 0. The number of pyridine rings is 2. The highest BCUT2D eigenvalue weighted by Crippen LogP contribution is 2.29. The number of amides is 1. The van der Waals surface area contributed by atoms with E-state index in [1.807, 2.05) is 23.6 Å². The van der Waals surface area contributed by atoms with Crippen molar-refractivity contribution >= 4 is 22.6 Å². The Bertz CT molecular complexity index is 1280. The number of aryl methyl sites for hydroxylation is 1. The van der Waals surface area contributed by atoms with Crippen LogP contribution in [0, 0.1) is 12.3 Å². The summed E-state index contributed by atoms with van der Waals surface area (Å²) in [7, 11) is 0. The molecule has 2 aliphatic rings. The Balaban J connectivity index is 1.76. The number of hydrogen-bond donors (Lipinski definition) is 2. The first kappa shape index (κ1) is 20.0. The molecule has 0 aliphatic heterocycles. The van der Waals surface area contributed by atoms with Crippen molar-refractivity contribution in [2.24, 2.45) is 0 Å². The van der Waals surface area contributed by atoms with Gasteiger partial charge in [0.15, 0.2) is 0 Å². The number of nitrogens with one attached hydrogen (secondary N) is 2. The number of hydrogen-bond acceptors (Lipinski definition) is 4. The topological polar surface area (TPSA) is 92.3 Å². The van der Waals surface area contributed by atoms with Crippen molar-refractivity contribution in [1.82, 2.24) is 19.3 Å². The molecule has 1 amide bonds. The van der Waals surface area contributed by atoms with E-state index in [4.69, 9.17) is 10.4 Å². The van der Waals surface area contributed by atoms with E-state index in [-0.39, 0.29) is 34.6 Å². The molecule has 3 heterocycles. The lowest BCUT2D eigenvalue weighted by molar-refractivity contribution is 0.0935. The number of aromatic nitrogens is 3.